The van der Waals surface area contributed by atoms with Gasteiger partial charge in [-0.25, -0.2) is 4.79 Å². The van der Waals surface area contributed by atoms with Crippen LogP contribution in [0.1, 0.15) is 154 Å². The molecule has 6 N–H and O–H groups in total. The average molecular weight is 1100 g/mol. The van der Waals surface area contributed by atoms with Crippen LogP contribution in [0.15, 0.2) is 46.3 Å². The molecule has 78 heavy (non-hydrogen) atoms. The lowest BCUT2D eigenvalue weighted by atomic mass is 9.47. The summed E-state index contributed by atoms with van der Waals surface area (Å²) in [5, 5.41) is 68.8. The predicted molar refractivity (Wildman–Crippen MR) is 287 cm³/mol. The molecule has 5 fully saturated rings. The number of ketones is 2. The van der Waals surface area contributed by atoms with Gasteiger partial charge in [-0.3, -0.25) is 9.59 Å². The third kappa shape index (κ3) is 11.1. The van der Waals surface area contributed by atoms with Crippen LogP contribution >= 0.6 is 0 Å². The van der Waals surface area contributed by atoms with Crippen LogP contribution in [0.4, 0.5) is 0 Å². The van der Waals surface area contributed by atoms with Gasteiger partial charge in [-0.1, -0.05) is 89.8 Å². The zero-order valence-electron chi connectivity index (χ0n) is 48.6. The molecule has 0 aromatic rings. The molecule has 2 bridgehead atoms. The van der Waals surface area contributed by atoms with Crippen molar-refractivity contribution in [1.29, 1.82) is 0 Å². The Hall–Kier alpha value is -2.91. The van der Waals surface area contributed by atoms with Crippen LogP contribution in [-0.4, -0.2) is 154 Å². The zero-order valence-corrected chi connectivity index (χ0v) is 48.6. The molecule has 0 radical (unpaired) electrons. The standard InChI is InChI=1S/C61H94O17/c1-14-39-21-38(28-62)19-31(5)53(75-47-24-44(66)54(36(10)73-47)76-48-25-45(71-13)55(37(11)74-48)77-46-23-43(65)52(67)35(9)72-46)29(3)17-16-18-59(12)26-32(6)33(7)27-61(59)57(69)49(58(70)78-61)56(68)60(15-2)50(39)30(4)20-40-42(64)22-41(63)34(8)51(40)60/h20-21,26,29,31,33-38,40,42-48,50-55,62,64-68H,14-19,22-25,27-28H2,1-13H3/b39-21+,56-49?. The van der Waals surface area contributed by atoms with E-state index in [0.717, 1.165) is 16.7 Å². The fourth-order valence-corrected chi connectivity index (χ4v) is 16.0. The van der Waals surface area contributed by atoms with Gasteiger partial charge >= 0.3 is 5.97 Å². The molecule has 4 saturated heterocycles. The summed E-state index contributed by atoms with van der Waals surface area (Å²) in [6, 6.07) is 0. The molecule has 0 aromatic carbocycles. The van der Waals surface area contributed by atoms with E-state index in [0.29, 0.717) is 32.1 Å². The summed E-state index contributed by atoms with van der Waals surface area (Å²) in [4.78, 5) is 44.3. The fraction of sp³-hybridized carbons (Fsp3) is 0.820. The largest absolute Gasteiger partial charge is 0.511 e. The molecule has 0 aromatic heterocycles. The molecule has 4 aliphatic heterocycles. The van der Waals surface area contributed by atoms with Crippen molar-refractivity contribution >= 4 is 17.5 Å². The topological polar surface area (TPSA) is 246 Å². The maximum atomic E-state index is 15.7. The lowest BCUT2D eigenvalue weighted by Crippen LogP contribution is -2.57. The van der Waals surface area contributed by atoms with Gasteiger partial charge < -0.3 is 68.5 Å². The van der Waals surface area contributed by atoms with E-state index in [1.54, 1.807) is 14.0 Å². The minimum atomic E-state index is -1.62. The number of hydrogen-bond donors (Lipinski definition) is 6. The fourth-order valence-electron chi connectivity index (χ4n) is 16.0. The third-order valence-electron chi connectivity index (χ3n) is 20.3. The van der Waals surface area contributed by atoms with Crippen LogP contribution in [-0.2, 0) is 52.3 Å². The Morgan fingerprint density at radius 3 is 1.97 bits per heavy atom. The summed E-state index contributed by atoms with van der Waals surface area (Å²) in [6.45, 7) is 23.2. The van der Waals surface area contributed by atoms with Crippen molar-refractivity contribution in [3.05, 3.63) is 46.3 Å². The number of aliphatic hydroxyl groups is 6. The molecule has 17 heteroatoms. The van der Waals surface area contributed by atoms with Crippen molar-refractivity contribution in [1.82, 2.24) is 0 Å². The van der Waals surface area contributed by atoms with E-state index in [1.807, 2.05) is 68.4 Å². The molecule has 8 rings (SSSR count). The molecule has 4 heterocycles. The summed E-state index contributed by atoms with van der Waals surface area (Å²) in [6.07, 6.45) is -0.691. The Morgan fingerprint density at radius 1 is 0.744 bits per heavy atom. The van der Waals surface area contributed by atoms with E-state index in [4.69, 9.17) is 37.9 Å². The number of hydrogen-bond acceptors (Lipinski definition) is 17. The minimum Gasteiger partial charge on any atom is -0.511 e. The number of ether oxygens (including phenoxy) is 8. The summed E-state index contributed by atoms with van der Waals surface area (Å²) in [5.41, 5.74) is -1.54. The molecule has 1 saturated carbocycles. The normalized spacial score (nSPS) is 48.6. The van der Waals surface area contributed by atoms with Gasteiger partial charge in [0.2, 0.25) is 5.78 Å². The van der Waals surface area contributed by atoms with Crippen LogP contribution < -0.4 is 0 Å². The van der Waals surface area contributed by atoms with Crippen molar-refractivity contribution in [2.45, 2.75) is 245 Å². The molecule has 1 spiro atoms. The number of carbonyl (C=O) groups is 3. The number of allylic oxidation sites excluding steroid dienone is 4. The zero-order chi connectivity index (χ0) is 57.1. The number of fused-ring (bicyclic) bond motifs is 4. The number of rotatable bonds is 10. The van der Waals surface area contributed by atoms with E-state index in [-0.39, 0.29) is 80.0 Å². The second kappa shape index (κ2) is 24.1. The van der Waals surface area contributed by atoms with Crippen LogP contribution in [0.2, 0.25) is 0 Å². The lowest BCUT2D eigenvalue weighted by Gasteiger charge is -2.56. The molecule has 25 atom stereocenters. The van der Waals surface area contributed by atoms with E-state index in [1.165, 1.54) is 0 Å². The highest BCUT2D eigenvalue weighted by Crippen LogP contribution is 2.64. The van der Waals surface area contributed by atoms with Crippen LogP contribution in [0.3, 0.4) is 0 Å². The number of aliphatic hydroxyl groups excluding tert-OH is 6. The highest BCUT2D eigenvalue weighted by Gasteiger charge is 2.67. The van der Waals surface area contributed by atoms with Crippen LogP contribution in [0.5, 0.6) is 0 Å². The third-order valence-corrected chi connectivity index (χ3v) is 20.3. The van der Waals surface area contributed by atoms with Gasteiger partial charge in [0, 0.05) is 80.3 Å². The highest BCUT2D eigenvalue weighted by atomic mass is 16.7. The van der Waals surface area contributed by atoms with Crippen molar-refractivity contribution in [2.24, 2.45) is 58.2 Å². The number of methoxy groups -OCH3 is 1. The molecule has 0 amide bonds. The monoisotopic (exact) mass is 1100 g/mol. The molecule has 8 aliphatic rings. The van der Waals surface area contributed by atoms with Gasteiger partial charge in [0.05, 0.1) is 48.8 Å². The maximum absolute atomic E-state index is 15.7. The second-order valence-corrected chi connectivity index (χ2v) is 25.4. The maximum Gasteiger partial charge on any atom is 0.346 e. The van der Waals surface area contributed by atoms with Gasteiger partial charge in [0.25, 0.3) is 0 Å². The number of carbonyl (C=O) groups excluding carboxylic acids is 3. The summed E-state index contributed by atoms with van der Waals surface area (Å²) < 4.78 is 51.0. The molecular weight excluding hydrogens is 1000 g/mol. The first-order valence-corrected chi connectivity index (χ1v) is 29.4. The minimum absolute atomic E-state index is 0.0414. The van der Waals surface area contributed by atoms with Gasteiger partial charge in [-0.05, 0) is 90.4 Å². The molecule has 4 aliphatic carbocycles. The first-order valence-electron chi connectivity index (χ1n) is 29.4. The molecule has 25 unspecified atom stereocenters. The van der Waals surface area contributed by atoms with E-state index in [9.17, 15) is 40.2 Å². The second-order valence-electron chi connectivity index (χ2n) is 25.4. The van der Waals surface area contributed by atoms with Crippen molar-refractivity contribution in [2.75, 3.05) is 13.7 Å². The highest BCUT2D eigenvalue weighted by molar-refractivity contribution is 6.26. The number of Topliss-reactive ketones (excluding diaryl/α,β-unsaturated/α-hetero) is 2. The summed E-state index contributed by atoms with van der Waals surface area (Å²) >= 11 is 0. The van der Waals surface area contributed by atoms with Crippen LogP contribution in [0.25, 0.3) is 0 Å². The SMILES string of the molecule is CC/C1=C\C(CO)CC(C)C(OC2CC(O)C(OC3CC(OC)C(OC4CC(O)C(O)C(C)O4)C(C)O3)C(C)O2)C(C)CCCC2(C)C=C(C)C(C)CC23OC(=O)C(=C(O)C2(CC)C1C(C)=CC1C(O)CC(=O)C(C)C12)C3=O. The van der Waals surface area contributed by atoms with Gasteiger partial charge in [0.15, 0.2) is 24.5 Å². The Balaban J connectivity index is 1.09. The lowest BCUT2D eigenvalue weighted by molar-refractivity contribution is -0.338. The Bertz CT molecular complexity index is 2290. The summed E-state index contributed by atoms with van der Waals surface area (Å²) in [5.74, 6) is -5.19. The number of esters is 1. The molecule has 17 nitrogen and oxygen atoms in total. The summed E-state index contributed by atoms with van der Waals surface area (Å²) in [7, 11) is 1.57. The van der Waals surface area contributed by atoms with Crippen molar-refractivity contribution in [3.8, 4) is 0 Å². The quantitative estimate of drug-likeness (QED) is 0.0715. The smallest absolute Gasteiger partial charge is 0.346 e. The predicted octanol–water partition coefficient (Wildman–Crippen LogP) is 7.28. The molecule has 440 valence electrons. The Morgan fingerprint density at radius 2 is 1.36 bits per heavy atom. The van der Waals surface area contributed by atoms with E-state index >= 15 is 4.79 Å². The van der Waals surface area contributed by atoms with E-state index in [2.05, 4.69) is 26.0 Å². The van der Waals surface area contributed by atoms with Gasteiger partial charge in [-0.15, -0.1) is 0 Å². The Kier molecular flexibility index (Phi) is 18.9. The first-order chi connectivity index (χ1) is 36.8. The van der Waals surface area contributed by atoms with Gasteiger partial charge in [0.1, 0.15) is 35.4 Å². The van der Waals surface area contributed by atoms with E-state index < -0.39 is 144 Å². The van der Waals surface area contributed by atoms with Crippen LogP contribution in [0, 0.1) is 58.2 Å². The van der Waals surface area contributed by atoms with Gasteiger partial charge in [-0.2, -0.15) is 0 Å². The molecular formula is C61H94O17. The van der Waals surface area contributed by atoms with Crippen molar-refractivity contribution in [3.63, 3.8) is 0 Å². The van der Waals surface area contributed by atoms with Crippen molar-refractivity contribution < 1.29 is 82.9 Å². The Labute approximate surface area is 462 Å². The first kappa shape index (κ1) is 61.2. The average Bonchev–Trinajstić information content (AvgIpc) is 3.88.